The second-order valence-corrected chi connectivity index (χ2v) is 7.69. The summed E-state index contributed by atoms with van der Waals surface area (Å²) in [7, 11) is 3.16. The van der Waals surface area contributed by atoms with Crippen LogP contribution in [0.1, 0.15) is 0 Å². The van der Waals surface area contributed by atoms with Gasteiger partial charge in [0.1, 0.15) is 5.03 Å². The van der Waals surface area contributed by atoms with Gasteiger partial charge in [0.05, 0.1) is 25.7 Å². The first-order chi connectivity index (χ1) is 14.0. The first kappa shape index (κ1) is 21.2. The first-order valence-electron chi connectivity index (χ1n) is 8.43. The number of methoxy groups -OCH3 is 2. The average Bonchev–Trinajstić information content (AvgIpc) is 2.71. The number of carbonyl (C=O) groups is 1. The van der Waals surface area contributed by atoms with Crippen LogP contribution in [0.2, 0.25) is 10.0 Å². The molecule has 0 spiro atoms. The summed E-state index contributed by atoms with van der Waals surface area (Å²) in [6.45, 7) is 0. The van der Waals surface area contributed by atoms with Gasteiger partial charge in [0.25, 0.3) is 0 Å². The third-order valence-corrected chi connectivity index (χ3v) is 5.17. The van der Waals surface area contributed by atoms with Crippen LogP contribution < -0.4 is 14.8 Å². The molecule has 1 heterocycles. The minimum Gasteiger partial charge on any atom is -0.493 e. The van der Waals surface area contributed by atoms with Crippen molar-refractivity contribution in [2.45, 2.75) is 5.03 Å². The number of carbonyl (C=O) groups excluding carboxylic acids is 1. The Labute approximate surface area is 182 Å². The molecule has 0 fully saturated rings. The highest BCUT2D eigenvalue weighted by atomic mass is 35.5. The minimum absolute atomic E-state index is 0.175. The molecule has 1 aromatic heterocycles. The fourth-order valence-corrected chi connectivity index (χ4v) is 3.65. The van der Waals surface area contributed by atoms with Crippen molar-refractivity contribution in [1.29, 1.82) is 0 Å². The van der Waals surface area contributed by atoms with Crippen molar-refractivity contribution >= 4 is 46.6 Å². The molecule has 3 aromatic rings. The molecule has 150 valence electrons. The third-order valence-electron chi connectivity index (χ3n) is 3.82. The highest BCUT2D eigenvalue weighted by Gasteiger charge is 2.10. The molecule has 0 unspecified atom stereocenters. The van der Waals surface area contributed by atoms with Crippen LogP contribution in [-0.2, 0) is 4.79 Å². The smallest absolute Gasteiger partial charge is 0.234 e. The van der Waals surface area contributed by atoms with Gasteiger partial charge in [-0.25, -0.2) is 0 Å². The van der Waals surface area contributed by atoms with E-state index in [4.69, 9.17) is 32.7 Å². The largest absolute Gasteiger partial charge is 0.493 e. The van der Waals surface area contributed by atoms with Crippen LogP contribution in [-0.4, -0.2) is 36.1 Å². The maximum Gasteiger partial charge on any atom is 0.234 e. The van der Waals surface area contributed by atoms with Crippen LogP contribution in [0.5, 0.6) is 11.5 Å². The molecule has 0 saturated carbocycles. The summed E-state index contributed by atoms with van der Waals surface area (Å²) in [6, 6.07) is 14.0. The van der Waals surface area contributed by atoms with Gasteiger partial charge in [-0.2, -0.15) is 0 Å². The zero-order valence-electron chi connectivity index (χ0n) is 15.6. The van der Waals surface area contributed by atoms with Crippen molar-refractivity contribution in [2.75, 3.05) is 25.3 Å². The molecule has 3 rings (SSSR count). The van der Waals surface area contributed by atoms with E-state index in [0.717, 1.165) is 5.56 Å². The number of aromatic nitrogens is 2. The standard InChI is InChI=1S/C20H17Cl2N3O3S/c1-27-17-5-3-12(7-18(17)28-2)16-4-6-20(25-24-16)29-11-19(26)23-15-9-13(21)8-14(22)10-15/h3-10H,11H2,1-2H3,(H,23,26). The highest BCUT2D eigenvalue weighted by molar-refractivity contribution is 7.99. The molecular formula is C20H17Cl2N3O3S. The topological polar surface area (TPSA) is 73.3 Å². The summed E-state index contributed by atoms with van der Waals surface area (Å²) >= 11 is 13.1. The monoisotopic (exact) mass is 449 g/mol. The van der Waals surface area contributed by atoms with Crippen LogP contribution in [0.15, 0.2) is 53.6 Å². The number of benzene rings is 2. The lowest BCUT2D eigenvalue weighted by Gasteiger charge is -2.09. The van der Waals surface area contributed by atoms with Gasteiger partial charge in [0, 0.05) is 21.3 Å². The number of amides is 1. The Balaban J connectivity index is 1.61. The van der Waals surface area contributed by atoms with Crippen LogP contribution in [0, 0.1) is 0 Å². The second-order valence-electron chi connectivity index (χ2n) is 5.82. The molecule has 6 nitrogen and oxygen atoms in total. The summed E-state index contributed by atoms with van der Waals surface area (Å²) in [5.74, 6) is 1.24. The number of anilines is 1. The third kappa shape index (κ3) is 5.76. The van der Waals surface area contributed by atoms with Gasteiger partial charge in [-0.1, -0.05) is 35.0 Å². The van der Waals surface area contributed by atoms with E-state index in [1.54, 1.807) is 32.4 Å². The van der Waals surface area contributed by atoms with Gasteiger partial charge >= 0.3 is 0 Å². The molecule has 0 atom stereocenters. The quantitative estimate of drug-likeness (QED) is 0.499. The van der Waals surface area contributed by atoms with E-state index in [2.05, 4.69) is 15.5 Å². The van der Waals surface area contributed by atoms with E-state index >= 15 is 0 Å². The van der Waals surface area contributed by atoms with Gasteiger partial charge in [-0.15, -0.1) is 10.2 Å². The van der Waals surface area contributed by atoms with Crippen molar-refractivity contribution in [2.24, 2.45) is 0 Å². The van der Waals surface area contributed by atoms with Crippen LogP contribution in [0.3, 0.4) is 0 Å². The predicted molar refractivity (Wildman–Crippen MR) is 116 cm³/mol. The molecule has 0 bridgehead atoms. The minimum atomic E-state index is -0.195. The number of halogens is 2. The zero-order valence-corrected chi connectivity index (χ0v) is 17.9. The molecule has 0 saturated heterocycles. The molecule has 9 heteroatoms. The summed E-state index contributed by atoms with van der Waals surface area (Å²) in [5, 5.41) is 12.7. The van der Waals surface area contributed by atoms with Gasteiger partial charge in [-0.3, -0.25) is 4.79 Å². The van der Waals surface area contributed by atoms with Gasteiger partial charge in [-0.05, 0) is 48.5 Å². The molecule has 0 aliphatic carbocycles. The number of ether oxygens (including phenoxy) is 2. The predicted octanol–water partition coefficient (Wildman–Crippen LogP) is 5.20. The number of thioether (sulfide) groups is 1. The second kappa shape index (κ2) is 9.82. The molecule has 29 heavy (non-hydrogen) atoms. The molecule has 2 aromatic carbocycles. The summed E-state index contributed by atoms with van der Waals surface area (Å²) < 4.78 is 10.6. The number of nitrogens with one attached hydrogen (secondary N) is 1. The van der Waals surface area contributed by atoms with Crippen molar-refractivity contribution in [3.63, 3.8) is 0 Å². The molecular weight excluding hydrogens is 433 g/mol. The van der Waals surface area contributed by atoms with E-state index in [1.807, 2.05) is 30.3 Å². The highest BCUT2D eigenvalue weighted by Crippen LogP contribution is 2.31. The Morgan fingerprint density at radius 3 is 2.31 bits per heavy atom. The number of nitrogens with zero attached hydrogens (tertiary/aromatic N) is 2. The average molecular weight is 450 g/mol. The Hall–Kier alpha value is -2.48. The lowest BCUT2D eigenvalue weighted by Crippen LogP contribution is -2.14. The molecule has 1 N–H and O–H groups in total. The summed E-state index contributed by atoms with van der Waals surface area (Å²) in [5.41, 5.74) is 2.08. The van der Waals surface area contributed by atoms with Crippen LogP contribution >= 0.6 is 35.0 Å². The van der Waals surface area contributed by atoms with E-state index in [0.29, 0.717) is 38.0 Å². The van der Waals surface area contributed by atoms with Crippen LogP contribution in [0.25, 0.3) is 11.3 Å². The Morgan fingerprint density at radius 1 is 0.966 bits per heavy atom. The number of hydrogen-bond acceptors (Lipinski definition) is 6. The van der Waals surface area contributed by atoms with Crippen molar-refractivity contribution in [3.8, 4) is 22.8 Å². The van der Waals surface area contributed by atoms with Crippen molar-refractivity contribution in [1.82, 2.24) is 10.2 Å². The van der Waals surface area contributed by atoms with E-state index < -0.39 is 0 Å². The fraction of sp³-hybridized carbons (Fsp3) is 0.150. The summed E-state index contributed by atoms with van der Waals surface area (Å²) in [4.78, 5) is 12.1. The first-order valence-corrected chi connectivity index (χ1v) is 10.2. The number of hydrogen-bond donors (Lipinski definition) is 1. The Morgan fingerprint density at radius 2 is 1.69 bits per heavy atom. The number of rotatable bonds is 7. The molecule has 1 amide bonds. The van der Waals surface area contributed by atoms with E-state index in [-0.39, 0.29) is 11.7 Å². The van der Waals surface area contributed by atoms with Crippen molar-refractivity contribution < 1.29 is 14.3 Å². The maximum atomic E-state index is 12.1. The fourth-order valence-electron chi connectivity index (χ4n) is 2.51. The molecule has 0 aliphatic heterocycles. The van der Waals surface area contributed by atoms with E-state index in [1.165, 1.54) is 11.8 Å². The zero-order chi connectivity index (χ0) is 20.8. The van der Waals surface area contributed by atoms with Gasteiger partial charge in [0.15, 0.2) is 11.5 Å². The van der Waals surface area contributed by atoms with E-state index in [9.17, 15) is 4.79 Å². The summed E-state index contributed by atoms with van der Waals surface area (Å²) in [6.07, 6.45) is 0. The van der Waals surface area contributed by atoms with Gasteiger partial charge < -0.3 is 14.8 Å². The Bertz CT molecular complexity index is 996. The van der Waals surface area contributed by atoms with Gasteiger partial charge in [0.2, 0.25) is 5.91 Å². The Kier molecular flexibility index (Phi) is 7.19. The van der Waals surface area contributed by atoms with Crippen molar-refractivity contribution in [3.05, 3.63) is 58.6 Å². The molecule has 0 aliphatic rings. The normalized spacial score (nSPS) is 10.5. The maximum absolute atomic E-state index is 12.1. The van der Waals surface area contributed by atoms with Crippen LogP contribution in [0.4, 0.5) is 5.69 Å². The molecule has 0 radical (unpaired) electrons. The lowest BCUT2D eigenvalue weighted by molar-refractivity contribution is -0.113. The SMILES string of the molecule is COc1ccc(-c2ccc(SCC(=O)Nc3cc(Cl)cc(Cl)c3)nn2)cc1OC. The lowest BCUT2D eigenvalue weighted by atomic mass is 10.1.